The third kappa shape index (κ3) is 5.53. The molecular formula is C34H31N9. The molecule has 1 aliphatic heterocycles. The molecule has 3 aromatic carbocycles. The number of anilines is 1. The van der Waals surface area contributed by atoms with E-state index in [1.165, 1.54) is 5.56 Å². The van der Waals surface area contributed by atoms with Crippen molar-refractivity contribution >= 4 is 27.9 Å². The van der Waals surface area contributed by atoms with Crippen molar-refractivity contribution in [3.05, 3.63) is 96.7 Å². The summed E-state index contributed by atoms with van der Waals surface area (Å²) in [5, 5.41) is 9.15. The maximum atomic E-state index is 9.15. The number of imidazole rings is 1. The minimum absolute atomic E-state index is 0.223. The summed E-state index contributed by atoms with van der Waals surface area (Å²) >= 11 is 0. The Labute approximate surface area is 250 Å². The number of rotatable bonds is 5. The van der Waals surface area contributed by atoms with Crippen LogP contribution in [0.25, 0.3) is 44.6 Å². The van der Waals surface area contributed by atoms with E-state index in [0.717, 1.165) is 96.0 Å². The lowest BCUT2D eigenvalue weighted by atomic mass is 10.0. The molecule has 0 unspecified atom stereocenters. The van der Waals surface area contributed by atoms with Crippen molar-refractivity contribution in [2.24, 2.45) is 7.05 Å². The maximum Gasteiger partial charge on any atom is 0.234 e. The first-order valence-electron chi connectivity index (χ1n) is 14.6. The third-order valence-electron chi connectivity index (χ3n) is 8.06. The normalized spacial score (nSPS) is 14.5. The minimum Gasteiger partial charge on any atom is -0.356 e. The molecule has 0 radical (unpaired) electrons. The highest BCUT2D eigenvalue weighted by atomic mass is 15.2. The Morgan fingerprint density at radius 1 is 0.744 bits per heavy atom. The molecule has 4 heterocycles. The number of aryl methyl sites for hydroxylation is 1. The van der Waals surface area contributed by atoms with Gasteiger partial charge in [0, 0.05) is 57.1 Å². The molecule has 0 bridgehead atoms. The van der Waals surface area contributed by atoms with Crippen molar-refractivity contribution in [2.45, 2.75) is 19.4 Å². The van der Waals surface area contributed by atoms with Crippen molar-refractivity contribution in [3.8, 4) is 28.6 Å². The molecule has 0 spiro atoms. The Morgan fingerprint density at radius 2 is 1.44 bits per heavy atom. The molecular weight excluding hydrogens is 534 g/mol. The van der Waals surface area contributed by atoms with Crippen LogP contribution in [0.1, 0.15) is 24.2 Å². The summed E-state index contributed by atoms with van der Waals surface area (Å²) in [7, 11) is 2.00. The zero-order valence-electron chi connectivity index (χ0n) is 24.1. The van der Waals surface area contributed by atoms with Gasteiger partial charge in [-0.1, -0.05) is 54.6 Å². The van der Waals surface area contributed by atoms with E-state index >= 15 is 0 Å². The fraction of sp³-hybridized carbons (Fsp3) is 0.235. The Bertz CT molecular complexity index is 1930. The van der Waals surface area contributed by atoms with Crippen LogP contribution in [0.2, 0.25) is 0 Å². The summed E-state index contributed by atoms with van der Waals surface area (Å²) in [5.41, 5.74) is 8.77. The minimum atomic E-state index is 0.223. The van der Waals surface area contributed by atoms with Gasteiger partial charge in [0.1, 0.15) is 11.9 Å². The van der Waals surface area contributed by atoms with Gasteiger partial charge in [0.25, 0.3) is 0 Å². The Hall–Kier alpha value is -5.20. The zero-order chi connectivity index (χ0) is 29.2. The van der Waals surface area contributed by atoms with Crippen LogP contribution >= 0.6 is 0 Å². The molecule has 0 aliphatic carbocycles. The van der Waals surface area contributed by atoms with E-state index in [-0.39, 0.29) is 5.82 Å². The van der Waals surface area contributed by atoms with Crippen molar-refractivity contribution in [1.29, 1.82) is 5.26 Å². The molecule has 1 fully saturated rings. The number of benzene rings is 3. The van der Waals surface area contributed by atoms with Gasteiger partial charge in [-0.3, -0.25) is 4.90 Å². The average molecular weight is 566 g/mol. The highest BCUT2D eigenvalue weighted by molar-refractivity contribution is 5.94. The standard InChI is InChI=1S/C34H31N9/c1-41-23-37-29-19-27-28(20-30(29)41)39-34(33(38-27)25-7-3-2-4-8-25)26-11-9-24(10-12-26)22-42-15-5-17-43(18-6-16-42)32-13-14-36-31(21-35)40-32/h2-4,7-14,19-20,23H,5-6,15-18,22H2,1H3. The summed E-state index contributed by atoms with van der Waals surface area (Å²) in [6.45, 7) is 4.73. The van der Waals surface area contributed by atoms with Gasteiger partial charge in [-0.2, -0.15) is 5.26 Å². The molecule has 9 nitrogen and oxygen atoms in total. The second kappa shape index (κ2) is 11.6. The van der Waals surface area contributed by atoms with Crippen LogP contribution in [0.4, 0.5) is 5.82 Å². The van der Waals surface area contributed by atoms with Gasteiger partial charge < -0.3 is 9.47 Å². The predicted molar refractivity (Wildman–Crippen MR) is 168 cm³/mol. The van der Waals surface area contributed by atoms with Crippen LogP contribution in [0.3, 0.4) is 0 Å². The van der Waals surface area contributed by atoms with Gasteiger partial charge in [-0.15, -0.1) is 0 Å². The number of aromatic nitrogens is 6. The first-order chi connectivity index (χ1) is 21.1. The van der Waals surface area contributed by atoms with E-state index in [0.29, 0.717) is 0 Å². The summed E-state index contributed by atoms with van der Waals surface area (Å²) in [6.07, 6.45) is 5.55. The number of hydrogen-bond donors (Lipinski definition) is 0. The highest BCUT2D eigenvalue weighted by Gasteiger charge is 2.17. The quantitative estimate of drug-likeness (QED) is 0.266. The van der Waals surface area contributed by atoms with E-state index in [1.54, 1.807) is 6.20 Å². The molecule has 7 rings (SSSR count). The smallest absolute Gasteiger partial charge is 0.234 e. The SMILES string of the molecule is Cn1cnc2cc3nc(-c4ccccc4)c(-c4ccc(CN5CCCN(c6ccnc(C#N)n6)CCC5)cc4)nc3cc21. The summed E-state index contributed by atoms with van der Waals surface area (Å²) in [5.74, 6) is 1.06. The first-order valence-corrected chi connectivity index (χ1v) is 14.6. The van der Waals surface area contributed by atoms with Crippen molar-refractivity contribution in [2.75, 3.05) is 31.1 Å². The first kappa shape index (κ1) is 26.7. The van der Waals surface area contributed by atoms with Crippen LogP contribution in [0, 0.1) is 11.3 Å². The molecule has 9 heteroatoms. The van der Waals surface area contributed by atoms with Gasteiger partial charge >= 0.3 is 0 Å². The van der Waals surface area contributed by atoms with E-state index in [4.69, 9.17) is 15.2 Å². The molecule has 0 saturated carbocycles. The fourth-order valence-electron chi connectivity index (χ4n) is 5.86. The van der Waals surface area contributed by atoms with Crippen LogP contribution in [0.15, 0.2) is 85.3 Å². The van der Waals surface area contributed by atoms with Crippen molar-refractivity contribution in [3.63, 3.8) is 0 Å². The third-order valence-corrected chi connectivity index (χ3v) is 8.06. The fourth-order valence-corrected chi connectivity index (χ4v) is 5.86. The Balaban J connectivity index is 1.11. The lowest BCUT2D eigenvalue weighted by molar-refractivity contribution is 0.251. The molecule has 1 aliphatic rings. The molecule has 0 N–H and O–H groups in total. The molecule has 212 valence electrons. The Kier molecular flexibility index (Phi) is 7.19. The number of fused-ring (bicyclic) bond motifs is 2. The van der Waals surface area contributed by atoms with Gasteiger partial charge in [0.2, 0.25) is 5.82 Å². The predicted octanol–water partition coefficient (Wildman–Crippen LogP) is 5.61. The van der Waals surface area contributed by atoms with Gasteiger partial charge in [0.05, 0.1) is 39.8 Å². The van der Waals surface area contributed by atoms with Crippen molar-refractivity contribution < 1.29 is 0 Å². The molecule has 3 aromatic heterocycles. The highest BCUT2D eigenvalue weighted by Crippen LogP contribution is 2.32. The zero-order valence-corrected chi connectivity index (χ0v) is 24.1. The van der Waals surface area contributed by atoms with Crippen LogP contribution in [-0.4, -0.2) is 60.6 Å². The van der Waals surface area contributed by atoms with Crippen LogP contribution in [-0.2, 0) is 13.6 Å². The summed E-state index contributed by atoms with van der Waals surface area (Å²) in [6, 6.07) is 27.1. The molecule has 1 saturated heterocycles. The number of hydrogen-bond acceptors (Lipinski definition) is 8. The molecule has 6 aromatic rings. The number of nitriles is 1. The van der Waals surface area contributed by atoms with E-state index < -0.39 is 0 Å². The van der Waals surface area contributed by atoms with Crippen molar-refractivity contribution in [1.82, 2.24) is 34.4 Å². The van der Waals surface area contributed by atoms with Gasteiger partial charge in [0.15, 0.2) is 0 Å². The van der Waals surface area contributed by atoms with E-state index in [1.807, 2.05) is 54.3 Å². The molecule has 0 amide bonds. The number of nitrogens with zero attached hydrogens (tertiary/aromatic N) is 9. The summed E-state index contributed by atoms with van der Waals surface area (Å²) in [4.78, 5) is 28.0. The van der Waals surface area contributed by atoms with Crippen LogP contribution in [0.5, 0.6) is 0 Å². The monoisotopic (exact) mass is 565 g/mol. The lowest BCUT2D eigenvalue weighted by Gasteiger charge is -2.31. The van der Waals surface area contributed by atoms with Gasteiger partial charge in [-0.05, 0) is 36.6 Å². The van der Waals surface area contributed by atoms with E-state index in [9.17, 15) is 0 Å². The second-order valence-electron chi connectivity index (χ2n) is 11.0. The largest absolute Gasteiger partial charge is 0.356 e. The second-order valence-corrected chi connectivity index (χ2v) is 11.0. The van der Waals surface area contributed by atoms with Gasteiger partial charge in [-0.25, -0.2) is 24.9 Å². The maximum absolute atomic E-state index is 9.15. The average Bonchev–Trinajstić information content (AvgIpc) is 3.40. The lowest BCUT2D eigenvalue weighted by Crippen LogP contribution is -2.36. The molecule has 0 atom stereocenters. The van der Waals surface area contributed by atoms with Crippen LogP contribution < -0.4 is 4.90 Å². The molecule has 43 heavy (non-hydrogen) atoms. The topological polar surface area (TPSA) is 99.7 Å². The van der Waals surface area contributed by atoms with E-state index in [2.05, 4.69) is 67.2 Å². The summed E-state index contributed by atoms with van der Waals surface area (Å²) < 4.78 is 2.01. The Morgan fingerprint density at radius 3 is 2.16 bits per heavy atom.